The summed E-state index contributed by atoms with van der Waals surface area (Å²) in [6.45, 7) is 12.5. The van der Waals surface area contributed by atoms with E-state index in [1.807, 2.05) is 14.0 Å². The topological polar surface area (TPSA) is 48.9 Å². The summed E-state index contributed by atoms with van der Waals surface area (Å²) in [5.41, 5.74) is 0. The lowest BCUT2D eigenvalue weighted by Gasteiger charge is -2.27. The summed E-state index contributed by atoms with van der Waals surface area (Å²) in [4.78, 5) is 6.90. The molecule has 0 aromatic carbocycles. The Bertz CT molecular complexity index is 300. The Morgan fingerprint density at radius 2 is 2.14 bits per heavy atom. The minimum absolute atomic E-state index is 0. The van der Waals surface area contributed by atoms with Gasteiger partial charge in [0.1, 0.15) is 0 Å². The van der Waals surface area contributed by atoms with Crippen molar-refractivity contribution in [1.29, 1.82) is 0 Å². The third-order valence-corrected chi connectivity index (χ3v) is 3.79. The Morgan fingerprint density at radius 3 is 2.77 bits per heavy atom. The Hall–Kier alpha value is -0.0800. The van der Waals surface area contributed by atoms with Gasteiger partial charge in [0.05, 0.1) is 0 Å². The van der Waals surface area contributed by atoms with Crippen LogP contribution >= 0.6 is 24.0 Å². The molecule has 1 saturated heterocycles. The first kappa shape index (κ1) is 21.9. The van der Waals surface area contributed by atoms with Gasteiger partial charge in [-0.25, -0.2) is 0 Å². The molecule has 2 N–H and O–H groups in total. The molecule has 0 amide bonds. The summed E-state index contributed by atoms with van der Waals surface area (Å²) in [5, 5.41) is 6.81. The first-order valence-corrected chi connectivity index (χ1v) is 8.43. The molecule has 1 fully saturated rings. The molecule has 0 aromatic heterocycles. The average molecular weight is 426 g/mol. The predicted octanol–water partition coefficient (Wildman–Crippen LogP) is 2.32. The molecule has 5 nitrogen and oxygen atoms in total. The average Bonchev–Trinajstić information content (AvgIpc) is 2.88. The van der Waals surface area contributed by atoms with Crippen LogP contribution in [0.15, 0.2) is 4.99 Å². The lowest BCUT2D eigenvalue weighted by Crippen LogP contribution is -2.45. The van der Waals surface area contributed by atoms with Crippen molar-refractivity contribution in [3.63, 3.8) is 0 Å². The quantitative estimate of drug-likeness (QED) is 0.257. The van der Waals surface area contributed by atoms with E-state index in [4.69, 9.17) is 4.74 Å². The Kier molecular flexibility index (Phi) is 13.3. The van der Waals surface area contributed by atoms with E-state index in [1.165, 1.54) is 25.9 Å². The highest BCUT2D eigenvalue weighted by atomic mass is 127. The van der Waals surface area contributed by atoms with Gasteiger partial charge in [-0.1, -0.05) is 13.8 Å². The fourth-order valence-corrected chi connectivity index (χ4v) is 2.80. The van der Waals surface area contributed by atoms with E-state index in [1.54, 1.807) is 0 Å². The van der Waals surface area contributed by atoms with Gasteiger partial charge in [0.2, 0.25) is 0 Å². The van der Waals surface area contributed by atoms with Gasteiger partial charge in [0.25, 0.3) is 0 Å². The van der Waals surface area contributed by atoms with E-state index in [-0.39, 0.29) is 24.0 Å². The van der Waals surface area contributed by atoms with Crippen LogP contribution in [0.25, 0.3) is 0 Å². The minimum Gasteiger partial charge on any atom is -0.382 e. The largest absolute Gasteiger partial charge is 0.382 e. The van der Waals surface area contributed by atoms with Crippen molar-refractivity contribution in [2.75, 3.05) is 46.4 Å². The van der Waals surface area contributed by atoms with Gasteiger partial charge in [-0.2, -0.15) is 0 Å². The van der Waals surface area contributed by atoms with Crippen LogP contribution in [0.4, 0.5) is 0 Å². The van der Waals surface area contributed by atoms with Crippen LogP contribution in [0.2, 0.25) is 0 Å². The van der Waals surface area contributed by atoms with Crippen LogP contribution in [0.5, 0.6) is 0 Å². The maximum absolute atomic E-state index is 5.33. The molecule has 1 aliphatic rings. The Morgan fingerprint density at radius 1 is 1.36 bits per heavy atom. The molecule has 0 radical (unpaired) electrons. The highest BCUT2D eigenvalue weighted by Gasteiger charge is 2.24. The molecule has 0 aliphatic carbocycles. The van der Waals surface area contributed by atoms with Crippen LogP contribution in [-0.2, 0) is 4.74 Å². The number of nitrogens with zero attached hydrogens (tertiary/aromatic N) is 2. The van der Waals surface area contributed by atoms with Crippen molar-refractivity contribution in [2.24, 2.45) is 10.9 Å². The molecule has 0 aromatic rings. The predicted molar refractivity (Wildman–Crippen MR) is 105 cm³/mol. The highest BCUT2D eigenvalue weighted by molar-refractivity contribution is 14.0. The Balaban J connectivity index is 0.00000441. The first-order chi connectivity index (χ1) is 10.2. The van der Waals surface area contributed by atoms with Crippen molar-refractivity contribution in [3.05, 3.63) is 0 Å². The normalized spacial score (nSPS) is 19.3. The zero-order valence-corrected chi connectivity index (χ0v) is 17.1. The van der Waals surface area contributed by atoms with Crippen molar-refractivity contribution in [1.82, 2.24) is 15.5 Å². The number of hydrogen-bond donors (Lipinski definition) is 2. The molecular formula is C16H35IN4O. The van der Waals surface area contributed by atoms with E-state index in [0.29, 0.717) is 6.04 Å². The maximum Gasteiger partial charge on any atom is 0.191 e. The number of ether oxygens (including phenoxy) is 1. The molecule has 1 aliphatic heterocycles. The summed E-state index contributed by atoms with van der Waals surface area (Å²) >= 11 is 0. The van der Waals surface area contributed by atoms with Crippen LogP contribution < -0.4 is 10.6 Å². The van der Waals surface area contributed by atoms with Crippen molar-refractivity contribution in [2.45, 2.75) is 46.1 Å². The third-order valence-electron chi connectivity index (χ3n) is 3.79. The maximum atomic E-state index is 5.33. The summed E-state index contributed by atoms with van der Waals surface area (Å²) in [6, 6.07) is 0.648. The number of hydrogen-bond acceptors (Lipinski definition) is 3. The minimum atomic E-state index is 0. The third kappa shape index (κ3) is 9.15. The second kappa shape index (κ2) is 13.4. The van der Waals surface area contributed by atoms with Gasteiger partial charge in [0, 0.05) is 45.9 Å². The van der Waals surface area contributed by atoms with Crippen LogP contribution in [-0.4, -0.2) is 63.3 Å². The number of halogens is 1. The smallest absolute Gasteiger partial charge is 0.191 e. The second-order valence-electron chi connectivity index (χ2n) is 6.12. The van der Waals surface area contributed by atoms with Gasteiger partial charge in [-0.3, -0.25) is 9.89 Å². The molecule has 1 rings (SSSR count). The molecule has 0 spiro atoms. The van der Waals surface area contributed by atoms with Crippen LogP contribution in [0.3, 0.4) is 0 Å². The van der Waals surface area contributed by atoms with Crippen molar-refractivity contribution < 1.29 is 4.74 Å². The lowest BCUT2D eigenvalue weighted by molar-refractivity contribution is 0.145. The molecule has 0 bridgehead atoms. The zero-order valence-electron chi connectivity index (χ0n) is 14.7. The van der Waals surface area contributed by atoms with E-state index >= 15 is 0 Å². The van der Waals surface area contributed by atoms with Crippen molar-refractivity contribution in [3.8, 4) is 0 Å². The lowest BCUT2D eigenvalue weighted by atomic mass is 10.1. The van der Waals surface area contributed by atoms with E-state index in [2.05, 4.69) is 34.4 Å². The SMILES string of the molecule is CCOCCCNC(=NC)NC[C@H]1CCCN1CC(C)C.I. The zero-order chi connectivity index (χ0) is 15.5. The number of guanidine groups is 1. The first-order valence-electron chi connectivity index (χ1n) is 8.43. The number of rotatable bonds is 9. The van der Waals surface area contributed by atoms with E-state index in [9.17, 15) is 0 Å². The molecule has 0 saturated carbocycles. The molecule has 0 unspecified atom stereocenters. The molecule has 1 heterocycles. The standard InChI is InChI=1S/C16H34N4O.HI/c1-5-21-11-7-9-18-16(17-4)19-12-15-8-6-10-20(15)13-14(2)3;/h14-15H,5-13H2,1-4H3,(H2,17,18,19);1H/t15-;/m1./s1. The van der Waals surface area contributed by atoms with Gasteiger partial charge in [0.15, 0.2) is 5.96 Å². The fourth-order valence-electron chi connectivity index (χ4n) is 2.80. The molecule has 22 heavy (non-hydrogen) atoms. The summed E-state index contributed by atoms with van der Waals surface area (Å²) in [6.07, 6.45) is 3.62. The van der Waals surface area contributed by atoms with Gasteiger partial charge >= 0.3 is 0 Å². The number of likely N-dealkylation sites (tertiary alicyclic amines) is 1. The molecule has 1 atom stereocenters. The summed E-state index contributed by atoms with van der Waals surface area (Å²) in [5.74, 6) is 1.64. The van der Waals surface area contributed by atoms with Crippen LogP contribution in [0.1, 0.15) is 40.0 Å². The highest BCUT2D eigenvalue weighted by Crippen LogP contribution is 2.17. The second-order valence-corrected chi connectivity index (χ2v) is 6.12. The monoisotopic (exact) mass is 426 g/mol. The Labute approximate surface area is 153 Å². The van der Waals surface area contributed by atoms with Crippen LogP contribution in [0, 0.1) is 5.92 Å². The molecule has 6 heteroatoms. The van der Waals surface area contributed by atoms with E-state index < -0.39 is 0 Å². The van der Waals surface area contributed by atoms with E-state index in [0.717, 1.165) is 44.6 Å². The summed E-state index contributed by atoms with van der Waals surface area (Å²) < 4.78 is 5.33. The van der Waals surface area contributed by atoms with Crippen molar-refractivity contribution >= 4 is 29.9 Å². The van der Waals surface area contributed by atoms with Gasteiger partial charge in [-0.05, 0) is 38.6 Å². The van der Waals surface area contributed by atoms with Gasteiger partial charge in [-0.15, -0.1) is 24.0 Å². The number of nitrogens with one attached hydrogen (secondary N) is 2. The number of aliphatic imine (C=N–C) groups is 1. The molecule has 132 valence electrons. The molecular weight excluding hydrogens is 391 g/mol. The van der Waals surface area contributed by atoms with Gasteiger partial charge < -0.3 is 15.4 Å². The fraction of sp³-hybridized carbons (Fsp3) is 0.938. The summed E-state index contributed by atoms with van der Waals surface area (Å²) in [7, 11) is 1.83.